The zero-order chi connectivity index (χ0) is 10.8. The second-order valence-electron chi connectivity index (χ2n) is 3.51. The van der Waals surface area contributed by atoms with Gasteiger partial charge in [-0.15, -0.1) is 5.10 Å². The molecular weight excluding hydrogens is 190 g/mol. The highest BCUT2D eigenvalue weighted by Gasteiger charge is 2.02. The monoisotopic (exact) mass is 203 g/mol. The minimum absolute atomic E-state index is 0.566. The molecule has 4 heteroatoms. The fourth-order valence-corrected chi connectivity index (χ4v) is 1.28. The maximum atomic E-state index is 5.71. The van der Waals surface area contributed by atoms with E-state index in [2.05, 4.69) is 10.2 Å². The fraction of sp³-hybridized carbons (Fsp3) is 0.182. The predicted molar refractivity (Wildman–Crippen MR) is 59.0 cm³/mol. The molecule has 4 nitrogen and oxygen atoms in total. The van der Waals surface area contributed by atoms with Crippen molar-refractivity contribution in [2.75, 3.05) is 5.73 Å². The third-order valence-electron chi connectivity index (χ3n) is 2.15. The van der Waals surface area contributed by atoms with E-state index in [1.807, 2.05) is 38.1 Å². The minimum Gasteiger partial charge on any atom is -0.438 e. The number of H-pyrrole nitrogens is 1. The average molecular weight is 203 g/mol. The number of aromatic nitrogens is 2. The summed E-state index contributed by atoms with van der Waals surface area (Å²) in [6.45, 7) is 3.87. The number of hydrogen-bond acceptors (Lipinski definition) is 3. The number of nitrogens with one attached hydrogen (secondary N) is 1. The Morgan fingerprint density at radius 3 is 2.67 bits per heavy atom. The molecule has 3 N–H and O–H groups in total. The first-order chi connectivity index (χ1) is 7.15. The SMILES string of the molecule is Cc1cc(Oc2ccc(N)c(C)c2)n[nH]1. The Labute approximate surface area is 88.1 Å². The Balaban J connectivity index is 2.21. The van der Waals surface area contributed by atoms with Crippen LogP contribution in [0.3, 0.4) is 0 Å². The molecule has 0 radical (unpaired) electrons. The van der Waals surface area contributed by atoms with Gasteiger partial charge in [0.2, 0.25) is 5.88 Å². The number of aryl methyl sites for hydroxylation is 2. The van der Waals surface area contributed by atoms with E-state index in [1.165, 1.54) is 0 Å². The van der Waals surface area contributed by atoms with Gasteiger partial charge >= 0.3 is 0 Å². The lowest BCUT2D eigenvalue weighted by molar-refractivity contribution is 0.461. The number of rotatable bonds is 2. The van der Waals surface area contributed by atoms with Crippen molar-refractivity contribution in [3.05, 3.63) is 35.5 Å². The van der Waals surface area contributed by atoms with Crippen LogP contribution in [-0.4, -0.2) is 10.2 Å². The van der Waals surface area contributed by atoms with E-state index in [4.69, 9.17) is 10.5 Å². The van der Waals surface area contributed by atoms with Crippen molar-refractivity contribution in [3.8, 4) is 11.6 Å². The molecule has 0 aliphatic heterocycles. The molecule has 0 spiro atoms. The lowest BCUT2D eigenvalue weighted by Crippen LogP contribution is -1.90. The van der Waals surface area contributed by atoms with Crippen molar-refractivity contribution in [1.82, 2.24) is 10.2 Å². The highest BCUT2D eigenvalue weighted by Crippen LogP contribution is 2.23. The molecule has 0 aliphatic carbocycles. The van der Waals surface area contributed by atoms with Gasteiger partial charge in [-0.05, 0) is 37.6 Å². The molecule has 0 saturated carbocycles. The quantitative estimate of drug-likeness (QED) is 0.736. The highest BCUT2D eigenvalue weighted by molar-refractivity contribution is 5.50. The maximum absolute atomic E-state index is 5.71. The van der Waals surface area contributed by atoms with Gasteiger partial charge in [0, 0.05) is 17.4 Å². The molecule has 2 aromatic rings. The third kappa shape index (κ3) is 2.10. The highest BCUT2D eigenvalue weighted by atomic mass is 16.5. The van der Waals surface area contributed by atoms with Crippen LogP contribution < -0.4 is 10.5 Å². The van der Waals surface area contributed by atoms with Gasteiger partial charge in [0.05, 0.1) is 0 Å². The summed E-state index contributed by atoms with van der Waals surface area (Å²) >= 11 is 0. The van der Waals surface area contributed by atoms with Gasteiger partial charge in [0.1, 0.15) is 5.75 Å². The number of ether oxygens (including phenoxy) is 1. The van der Waals surface area contributed by atoms with Crippen LogP contribution in [0.1, 0.15) is 11.3 Å². The fourth-order valence-electron chi connectivity index (χ4n) is 1.28. The van der Waals surface area contributed by atoms with E-state index in [0.717, 1.165) is 22.7 Å². The van der Waals surface area contributed by atoms with Crippen LogP contribution in [-0.2, 0) is 0 Å². The first kappa shape index (κ1) is 9.58. The Hall–Kier alpha value is -1.97. The molecule has 0 unspecified atom stereocenters. The number of benzene rings is 1. The maximum Gasteiger partial charge on any atom is 0.238 e. The standard InChI is InChI=1S/C11H13N3O/c1-7-5-9(3-4-10(7)12)15-11-6-8(2)13-14-11/h3-6H,12H2,1-2H3,(H,13,14). The van der Waals surface area contributed by atoms with Crippen LogP contribution in [0.4, 0.5) is 5.69 Å². The van der Waals surface area contributed by atoms with Crippen LogP contribution in [0.2, 0.25) is 0 Å². The van der Waals surface area contributed by atoms with Crippen molar-refractivity contribution < 1.29 is 4.74 Å². The molecule has 1 heterocycles. The molecule has 15 heavy (non-hydrogen) atoms. The van der Waals surface area contributed by atoms with Crippen molar-refractivity contribution in [1.29, 1.82) is 0 Å². The van der Waals surface area contributed by atoms with E-state index < -0.39 is 0 Å². The predicted octanol–water partition coefficient (Wildman–Crippen LogP) is 2.40. The van der Waals surface area contributed by atoms with Gasteiger partial charge < -0.3 is 10.5 Å². The Morgan fingerprint density at radius 2 is 2.07 bits per heavy atom. The van der Waals surface area contributed by atoms with E-state index >= 15 is 0 Å². The Morgan fingerprint density at radius 1 is 1.27 bits per heavy atom. The first-order valence-corrected chi connectivity index (χ1v) is 4.71. The molecule has 0 bridgehead atoms. The first-order valence-electron chi connectivity index (χ1n) is 4.71. The van der Waals surface area contributed by atoms with Gasteiger partial charge in [-0.25, -0.2) is 0 Å². The van der Waals surface area contributed by atoms with E-state index in [1.54, 1.807) is 0 Å². The molecule has 1 aromatic carbocycles. The topological polar surface area (TPSA) is 63.9 Å². The largest absolute Gasteiger partial charge is 0.438 e. The van der Waals surface area contributed by atoms with Gasteiger partial charge in [0.15, 0.2) is 0 Å². The molecule has 0 atom stereocenters. The number of nitrogen functional groups attached to an aromatic ring is 1. The summed E-state index contributed by atoms with van der Waals surface area (Å²) in [5, 5.41) is 6.80. The number of nitrogens with two attached hydrogens (primary N) is 1. The summed E-state index contributed by atoms with van der Waals surface area (Å²) < 4.78 is 5.54. The molecule has 1 aromatic heterocycles. The Bertz CT molecular complexity index is 476. The molecular formula is C11H13N3O. The number of anilines is 1. The normalized spacial score (nSPS) is 10.3. The molecule has 0 fully saturated rings. The third-order valence-corrected chi connectivity index (χ3v) is 2.15. The minimum atomic E-state index is 0.566. The van der Waals surface area contributed by atoms with Gasteiger partial charge in [-0.3, -0.25) is 5.10 Å². The van der Waals surface area contributed by atoms with Gasteiger partial charge in [0.25, 0.3) is 0 Å². The molecule has 78 valence electrons. The number of aromatic amines is 1. The molecule has 0 amide bonds. The van der Waals surface area contributed by atoms with Crippen molar-refractivity contribution in [3.63, 3.8) is 0 Å². The average Bonchev–Trinajstić information content (AvgIpc) is 2.58. The summed E-state index contributed by atoms with van der Waals surface area (Å²) in [5.41, 5.74) is 8.44. The summed E-state index contributed by atoms with van der Waals surface area (Å²) in [6, 6.07) is 7.38. The molecule has 0 aliphatic rings. The second kappa shape index (κ2) is 3.65. The molecule has 0 saturated heterocycles. The summed E-state index contributed by atoms with van der Waals surface area (Å²) in [6.07, 6.45) is 0. The second-order valence-corrected chi connectivity index (χ2v) is 3.51. The zero-order valence-corrected chi connectivity index (χ0v) is 8.74. The summed E-state index contributed by atoms with van der Waals surface area (Å²) in [5.74, 6) is 1.31. The number of nitrogens with zero attached hydrogens (tertiary/aromatic N) is 1. The molecule has 2 rings (SSSR count). The number of hydrogen-bond donors (Lipinski definition) is 2. The lowest BCUT2D eigenvalue weighted by atomic mass is 10.2. The lowest BCUT2D eigenvalue weighted by Gasteiger charge is -2.04. The van der Waals surface area contributed by atoms with Crippen LogP contribution >= 0.6 is 0 Å². The summed E-state index contributed by atoms with van der Waals surface area (Å²) in [4.78, 5) is 0. The van der Waals surface area contributed by atoms with Crippen LogP contribution in [0.25, 0.3) is 0 Å². The van der Waals surface area contributed by atoms with E-state index in [0.29, 0.717) is 5.88 Å². The van der Waals surface area contributed by atoms with Crippen molar-refractivity contribution in [2.24, 2.45) is 0 Å². The van der Waals surface area contributed by atoms with Crippen LogP contribution in [0, 0.1) is 13.8 Å². The van der Waals surface area contributed by atoms with Crippen LogP contribution in [0.15, 0.2) is 24.3 Å². The smallest absolute Gasteiger partial charge is 0.238 e. The summed E-state index contributed by atoms with van der Waals surface area (Å²) in [7, 11) is 0. The zero-order valence-electron chi connectivity index (χ0n) is 8.74. The van der Waals surface area contributed by atoms with Crippen LogP contribution in [0.5, 0.6) is 11.6 Å². The van der Waals surface area contributed by atoms with Gasteiger partial charge in [-0.2, -0.15) is 0 Å². The van der Waals surface area contributed by atoms with E-state index in [9.17, 15) is 0 Å². The Kier molecular flexibility index (Phi) is 2.33. The van der Waals surface area contributed by atoms with E-state index in [-0.39, 0.29) is 0 Å². The van der Waals surface area contributed by atoms with Crippen molar-refractivity contribution in [2.45, 2.75) is 13.8 Å². The van der Waals surface area contributed by atoms with Gasteiger partial charge in [-0.1, -0.05) is 0 Å². The van der Waals surface area contributed by atoms with Crippen molar-refractivity contribution >= 4 is 5.69 Å².